The van der Waals surface area contributed by atoms with E-state index < -0.39 is 17.9 Å². The van der Waals surface area contributed by atoms with E-state index in [0.717, 1.165) is 25.7 Å². The van der Waals surface area contributed by atoms with Gasteiger partial charge in [0.2, 0.25) is 11.8 Å². The summed E-state index contributed by atoms with van der Waals surface area (Å²) in [5, 5.41) is 5.81. The third kappa shape index (κ3) is 6.79. The van der Waals surface area contributed by atoms with Gasteiger partial charge < -0.3 is 15.4 Å². The quantitative estimate of drug-likeness (QED) is 0.550. The second-order valence-corrected chi connectivity index (χ2v) is 9.75. The summed E-state index contributed by atoms with van der Waals surface area (Å²) in [6, 6.07) is 3.14. The second-order valence-electron chi connectivity index (χ2n) is 8.34. The number of rotatable bonds is 6. The Balaban J connectivity index is 1.52. The fraction of sp³-hybridized carbons (Fsp3) is 0.619. The summed E-state index contributed by atoms with van der Waals surface area (Å²) in [6.45, 7) is 4.07. The first kappa shape index (κ1) is 24.3. The molecular weight excluding hydrogens is 443 g/mol. The number of hydrogen-bond donors (Lipinski definition) is 3. The van der Waals surface area contributed by atoms with Gasteiger partial charge in [-0.1, -0.05) is 11.6 Å². The Bertz CT molecular complexity index is 792. The molecule has 2 aliphatic rings. The lowest BCUT2D eigenvalue weighted by Gasteiger charge is -2.36. The van der Waals surface area contributed by atoms with Crippen LogP contribution in [0, 0.1) is 5.82 Å². The minimum absolute atomic E-state index is 0.0587. The van der Waals surface area contributed by atoms with Crippen molar-refractivity contribution >= 4 is 41.2 Å². The normalized spacial score (nSPS) is 27.2. The number of nitrogens with one attached hydrogen (secondary N) is 3. The zero-order valence-corrected chi connectivity index (χ0v) is 19.6. The van der Waals surface area contributed by atoms with Gasteiger partial charge in [0.15, 0.2) is 0 Å². The third-order valence-corrected chi connectivity index (χ3v) is 6.75. The minimum atomic E-state index is -0.546. The van der Waals surface area contributed by atoms with Crippen molar-refractivity contribution in [2.45, 2.75) is 76.3 Å². The van der Waals surface area contributed by atoms with Gasteiger partial charge >= 0.3 is 0 Å². The van der Waals surface area contributed by atoms with Gasteiger partial charge in [0.25, 0.3) is 0 Å². The summed E-state index contributed by atoms with van der Waals surface area (Å²) in [4.78, 5) is 25.6. The van der Waals surface area contributed by atoms with Crippen LogP contribution in [0.5, 0.6) is 0 Å². The zero-order chi connectivity index (χ0) is 22.5. The van der Waals surface area contributed by atoms with Crippen molar-refractivity contribution in [3.05, 3.63) is 29.0 Å². The van der Waals surface area contributed by atoms with E-state index >= 15 is 0 Å². The molecule has 1 saturated carbocycles. The highest BCUT2D eigenvalue weighted by atomic mass is 35.5. The molecule has 2 atom stereocenters. The number of likely N-dealkylation sites (N-methyl/N-ethyl adjacent to an activating group) is 1. The molecule has 0 radical (unpaired) electrons. The summed E-state index contributed by atoms with van der Waals surface area (Å²) in [5.74, 6) is -0.921. The summed E-state index contributed by atoms with van der Waals surface area (Å²) < 4.78 is 24.1. The SMILES string of the molecule is CC(C)OC1CCC(NC(=O)C2CC(C(=O)Nc3ccc(F)c(Cl)c3)N(C)SN2)CC1. The van der Waals surface area contributed by atoms with Crippen molar-refractivity contribution in [3.8, 4) is 0 Å². The highest BCUT2D eigenvalue weighted by molar-refractivity contribution is 7.95. The molecule has 2 unspecified atom stereocenters. The maximum absolute atomic E-state index is 13.3. The molecule has 1 aromatic rings. The second kappa shape index (κ2) is 11.0. The number of benzene rings is 1. The first-order valence-corrected chi connectivity index (χ1v) is 11.7. The van der Waals surface area contributed by atoms with Crippen LogP contribution in [0.1, 0.15) is 46.0 Å². The predicted molar refractivity (Wildman–Crippen MR) is 121 cm³/mol. The van der Waals surface area contributed by atoms with Crippen molar-refractivity contribution in [3.63, 3.8) is 0 Å². The lowest BCUT2D eigenvalue weighted by molar-refractivity contribution is -0.125. The maximum Gasteiger partial charge on any atom is 0.242 e. The Kier molecular flexibility index (Phi) is 8.58. The van der Waals surface area contributed by atoms with Crippen LogP contribution in [0.15, 0.2) is 18.2 Å². The van der Waals surface area contributed by atoms with Crippen LogP contribution in [0.3, 0.4) is 0 Å². The van der Waals surface area contributed by atoms with E-state index in [-0.39, 0.29) is 35.1 Å². The molecule has 3 N–H and O–H groups in total. The Hall–Kier alpha value is -1.39. The first-order valence-electron chi connectivity index (χ1n) is 10.6. The van der Waals surface area contributed by atoms with Crippen molar-refractivity contribution in [2.24, 2.45) is 0 Å². The Morgan fingerprint density at radius 2 is 1.97 bits per heavy atom. The molecule has 0 spiro atoms. The number of halogens is 2. The molecule has 31 heavy (non-hydrogen) atoms. The number of hydrogen-bond acceptors (Lipinski definition) is 6. The van der Waals surface area contributed by atoms with Crippen molar-refractivity contribution in [2.75, 3.05) is 12.4 Å². The standard InChI is InChI=1S/C21H30ClFN4O3S/c1-12(2)30-15-7-4-13(5-8-15)24-20(28)18-11-19(27(3)31-26-18)21(29)25-14-6-9-17(23)16(22)10-14/h6,9-10,12-13,15,18-19,26H,4-5,7-8,11H2,1-3H3,(H,24,28)(H,25,29). The van der Waals surface area contributed by atoms with Crippen molar-refractivity contribution in [1.29, 1.82) is 0 Å². The molecule has 3 rings (SSSR count). The number of ether oxygens (including phenoxy) is 1. The molecule has 1 aromatic carbocycles. The summed E-state index contributed by atoms with van der Waals surface area (Å²) >= 11 is 7.02. The molecule has 1 saturated heterocycles. The number of anilines is 1. The smallest absolute Gasteiger partial charge is 0.242 e. The third-order valence-electron chi connectivity index (χ3n) is 5.53. The molecule has 0 aromatic heterocycles. The molecule has 2 amide bonds. The molecule has 1 aliphatic heterocycles. The highest BCUT2D eigenvalue weighted by Gasteiger charge is 2.36. The van der Waals surface area contributed by atoms with Crippen LogP contribution in [0.2, 0.25) is 5.02 Å². The predicted octanol–water partition coefficient (Wildman–Crippen LogP) is 3.50. The van der Waals surface area contributed by atoms with Crippen molar-refractivity contribution < 1.29 is 18.7 Å². The molecule has 1 aliphatic carbocycles. The summed E-state index contributed by atoms with van der Waals surface area (Å²) in [7, 11) is 1.78. The molecule has 10 heteroatoms. The van der Waals surface area contributed by atoms with Gasteiger partial charge in [-0.05, 0) is 71.2 Å². The average Bonchev–Trinajstić information content (AvgIpc) is 2.72. The topological polar surface area (TPSA) is 82.7 Å². The first-order chi connectivity index (χ1) is 14.7. The maximum atomic E-state index is 13.3. The Labute approximate surface area is 192 Å². The van der Waals surface area contributed by atoms with Crippen LogP contribution in [0.25, 0.3) is 0 Å². The van der Waals surface area contributed by atoms with E-state index in [1.165, 1.54) is 30.3 Å². The molecule has 2 fully saturated rings. The van der Waals surface area contributed by atoms with Crippen LogP contribution in [0.4, 0.5) is 10.1 Å². The number of amides is 2. The van der Waals surface area contributed by atoms with E-state index in [1.807, 2.05) is 13.8 Å². The fourth-order valence-electron chi connectivity index (χ4n) is 3.89. The highest BCUT2D eigenvalue weighted by Crippen LogP contribution is 2.26. The average molecular weight is 473 g/mol. The Morgan fingerprint density at radius 1 is 1.26 bits per heavy atom. The lowest BCUT2D eigenvalue weighted by Crippen LogP contribution is -2.55. The zero-order valence-electron chi connectivity index (χ0n) is 18.0. The summed E-state index contributed by atoms with van der Waals surface area (Å²) in [6.07, 6.45) is 4.44. The van der Waals surface area contributed by atoms with Crippen LogP contribution in [-0.4, -0.2) is 53.5 Å². The molecular formula is C21H30ClFN4O3S. The Morgan fingerprint density at radius 3 is 2.61 bits per heavy atom. The van der Waals surface area contributed by atoms with Gasteiger partial charge in [-0.3, -0.25) is 9.59 Å². The van der Waals surface area contributed by atoms with E-state index in [2.05, 4.69) is 15.4 Å². The van der Waals surface area contributed by atoms with Gasteiger partial charge in [-0.15, -0.1) is 0 Å². The number of carbonyl (C=O) groups is 2. The van der Waals surface area contributed by atoms with Crippen molar-refractivity contribution in [1.82, 2.24) is 14.3 Å². The van der Waals surface area contributed by atoms with E-state index in [4.69, 9.17) is 16.3 Å². The molecule has 0 bridgehead atoms. The number of carbonyl (C=O) groups excluding carboxylic acids is 2. The van der Waals surface area contributed by atoms with Gasteiger partial charge in [-0.2, -0.15) is 0 Å². The molecule has 7 nitrogen and oxygen atoms in total. The fourth-order valence-corrected chi connectivity index (χ4v) is 4.88. The van der Waals surface area contributed by atoms with Gasteiger partial charge in [0, 0.05) is 23.9 Å². The van der Waals surface area contributed by atoms with Crippen LogP contribution in [-0.2, 0) is 14.3 Å². The van der Waals surface area contributed by atoms with Crippen LogP contribution >= 0.6 is 23.7 Å². The van der Waals surface area contributed by atoms with Gasteiger partial charge in [0.05, 0.1) is 23.3 Å². The van der Waals surface area contributed by atoms with Gasteiger partial charge in [0.1, 0.15) is 11.9 Å². The van der Waals surface area contributed by atoms with E-state index in [1.54, 1.807) is 11.4 Å². The largest absolute Gasteiger partial charge is 0.376 e. The lowest BCUT2D eigenvalue weighted by atomic mass is 9.92. The molecule has 172 valence electrons. The van der Waals surface area contributed by atoms with E-state index in [0.29, 0.717) is 12.1 Å². The summed E-state index contributed by atoms with van der Waals surface area (Å²) in [5.41, 5.74) is 0.412. The number of nitrogens with zero attached hydrogens (tertiary/aromatic N) is 1. The minimum Gasteiger partial charge on any atom is -0.376 e. The van der Waals surface area contributed by atoms with E-state index in [9.17, 15) is 14.0 Å². The van der Waals surface area contributed by atoms with Crippen LogP contribution < -0.4 is 15.4 Å². The van der Waals surface area contributed by atoms with Gasteiger partial charge in [-0.25, -0.2) is 13.4 Å². The molecule has 1 heterocycles. The monoisotopic (exact) mass is 472 g/mol.